The van der Waals surface area contributed by atoms with Crippen LogP contribution in [0.25, 0.3) is 0 Å². The highest BCUT2D eigenvalue weighted by Crippen LogP contribution is 2.27. The molecule has 0 radical (unpaired) electrons. The zero-order valence-corrected chi connectivity index (χ0v) is 22.3. The predicted molar refractivity (Wildman–Crippen MR) is 144 cm³/mol. The van der Waals surface area contributed by atoms with Gasteiger partial charge in [-0.25, -0.2) is 8.42 Å². The Hall–Kier alpha value is -3.37. The summed E-state index contributed by atoms with van der Waals surface area (Å²) >= 11 is 0. The number of hydrogen-bond donors (Lipinski definition) is 1. The van der Waals surface area contributed by atoms with Crippen LogP contribution in [0.15, 0.2) is 53.7 Å². The minimum absolute atomic E-state index is 0.0468. The first-order valence-corrected chi connectivity index (χ1v) is 13.5. The van der Waals surface area contributed by atoms with Crippen molar-refractivity contribution in [3.63, 3.8) is 0 Å². The van der Waals surface area contributed by atoms with E-state index in [-0.39, 0.29) is 10.6 Å². The maximum atomic E-state index is 13.6. The SMILES string of the molecule is CCn1cc(C(=O)Nc2ccc(N(C)C)cc2)c(S(=O)(=O)N2CCN(c3cccc(C)c3C)CC2)n1. The molecule has 10 heteroatoms. The molecule has 1 saturated heterocycles. The molecule has 0 saturated carbocycles. The van der Waals surface area contributed by atoms with Crippen LogP contribution in [0, 0.1) is 13.8 Å². The lowest BCUT2D eigenvalue weighted by molar-refractivity contribution is 0.102. The lowest BCUT2D eigenvalue weighted by atomic mass is 10.1. The number of aromatic nitrogens is 2. The minimum atomic E-state index is -3.95. The molecule has 192 valence electrons. The summed E-state index contributed by atoms with van der Waals surface area (Å²) in [6, 6.07) is 13.5. The van der Waals surface area contributed by atoms with Gasteiger partial charge in [0.15, 0.2) is 0 Å². The van der Waals surface area contributed by atoms with Gasteiger partial charge in [-0.2, -0.15) is 9.40 Å². The summed E-state index contributed by atoms with van der Waals surface area (Å²) in [5, 5.41) is 6.90. The summed E-state index contributed by atoms with van der Waals surface area (Å²) in [7, 11) is -0.0814. The first kappa shape index (κ1) is 25.7. The fourth-order valence-electron chi connectivity index (χ4n) is 4.32. The van der Waals surface area contributed by atoms with E-state index in [1.807, 2.05) is 44.1 Å². The lowest BCUT2D eigenvalue weighted by Crippen LogP contribution is -2.49. The van der Waals surface area contributed by atoms with Gasteiger partial charge < -0.3 is 15.1 Å². The Bertz CT molecular complexity index is 1340. The largest absolute Gasteiger partial charge is 0.378 e. The molecule has 0 bridgehead atoms. The first-order valence-electron chi connectivity index (χ1n) is 12.1. The third-order valence-electron chi connectivity index (χ3n) is 6.68. The van der Waals surface area contributed by atoms with Crippen molar-refractivity contribution in [1.29, 1.82) is 0 Å². The second-order valence-corrected chi connectivity index (χ2v) is 11.1. The van der Waals surface area contributed by atoms with Gasteiger partial charge in [0.1, 0.15) is 0 Å². The number of anilines is 3. The molecule has 1 fully saturated rings. The number of amides is 1. The monoisotopic (exact) mass is 510 g/mol. The molecule has 1 aromatic heterocycles. The summed E-state index contributed by atoms with van der Waals surface area (Å²) in [6.45, 7) is 8.25. The first-order chi connectivity index (χ1) is 17.1. The van der Waals surface area contributed by atoms with Crippen LogP contribution in [0.4, 0.5) is 17.1 Å². The van der Waals surface area contributed by atoms with Gasteiger partial charge in [-0.1, -0.05) is 12.1 Å². The number of carbonyl (C=O) groups is 1. The van der Waals surface area contributed by atoms with Gasteiger partial charge in [-0.15, -0.1) is 0 Å². The number of sulfonamides is 1. The molecule has 1 aliphatic rings. The van der Waals surface area contributed by atoms with Crippen molar-refractivity contribution in [3.8, 4) is 0 Å². The van der Waals surface area contributed by atoms with Crippen LogP contribution in [0.5, 0.6) is 0 Å². The van der Waals surface area contributed by atoms with Gasteiger partial charge in [0, 0.05) is 70.1 Å². The molecule has 0 unspecified atom stereocenters. The Morgan fingerprint density at radius 2 is 1.69 bits per heavy atom. The van der Waals surface area contributed by atoms with Crippen LogP contribution in [-0.4, -0.2) is 68.7 Å². The zero-order valence-electron chi connectivity index (χ0n) is 21.5. The number of nitrogens with zero attached hydrogens (tertiary/aromatic N) is 5. The Morgan fingerprint density at radius 3 is 2.31 bits per heavy atom. The van der Waals surface area contributed by atoms with E-state index < -0.39 is 15.9 Å². The topological polar surface area (TPSA) is 90.8 Å². The normalized spacial score (nSPS) is 14.6. The number of carbonyl (C=O) groups excluding carboxylic acids is 1. The molecular weight excluding hydrogens is 476 g/mol. The van der Waals surface area contributed by atoms with Gasteiger partial charge in [0.2, 0.25) is 5.03 Å². The highest BCUT2D eigenvalue weighted by Gasteiger charge is 2.35. The molecule has 2 heterocycles. The van der Waals surface area contributed by atoms with E-state index in [1.54, 1.807) is 12.1 Å². The van der Waals surface area contributed by atoms with Crippen molar-refractivity contribution in [3.05, 3.63) is 65.4 Å². The molecule has 4 rings (SSSR count). The van der Waals surface area contributed by atoms with Gasteiger partial charge in [-0.3, -0.25) is 9.48 Å². The Kier molecular flexibility index (Phi) is 7.37. The molecule has 1 N–H and O–H groups in total. The molecule has 2 aromatic carbocycles. The number of benzene rings is 2. The highest BCUT2D eigenvalue weighted by molar-refractivity contribution is 7.89. The molecule has 9 nitrogen and oxygen atoms in total. The van der Waals surface area contributed by atoms with Crippen LogP contribution in [0.1, 0.15) is 28.4 Å². The zero-order chi connectivity index (χ0) is 26.0. The molecule has 1 amide bonds. The summed E-state index contributed by atoms with van der Waals surface area (Å²) in [5.74, 6) is -0.500. The van der Waals surface area contributed by atoms with Gasteiger partial charge in [0.25, 0.3) is 15.9 Å². The fraction of sp³-hybridized carbons (Fsp3) is 0.385. The van der Waals surface area contributed by atoms with Crippen LogP contribution in [-0.2, 0) is 16.6 Å². The molecule has 3 aromatic rings. The summed E-state index contributed by atoms with van der Waals surface area (Å²) < 4.78 is 30.2. The van der Waals surface area contributed by atoms with Gasteiger partial charge in [0.05, 0.1) is 5.56 Å². The number of rotatable bonds is 7. The van der Waals surface area contributed by atoms with E-state index in [0.29, 0.717) is 38.4 Å². The maximum absolute atomic E-state index is 13.6. The van der Waals surface area contributed by atoms with Crippen molar-refractivity contribution in [2.24, 2.45) is 0 Å². The van der Waals surface area contributed by atoms with Crippen LogP contribution < -0.4 is 15.1 Å². The summed E-state index contributed by atoms with van der Waals surface area (Å²) in [4.78, 5) is 17.3. The highest BCUT2D eigenvalue weighted by atomic mass is 32.2. The molecule has 0 spiro atoms. The van der Waals surface area contributed by atoms with Gasteiger partial charge >= 0.3 is 0 Å². The molecule has 0 atom stereocenters. The summed E-state index contributed by atoms with van der Waals surface area (Å²) in [6.07, 6.45) is 1.50. The number of piperazine rings is 1. The Labute approximate surface area is 213 Å². The van der Waals surface area contributed by atoms with E-state index in [4.69, 9.17) is 0 Å². The van der Waals surface area contributed by atoms with Crippen molar-refractivity contribution in [2.75, 3.05) is 55.4 Å². The third-order valence-corrected chi connectivity index (χ3v) is 8.51. The average Bonchev–Trinajstić information content (AvgIpc) is 3.32. The average molecular weight is 511 g/mol. The van der Waals surface area contributed by atoms with E-state index in [9.17, 15) is 13.2 Å². The van der Waals surface area contributed by atoms with E-state index in [1.165, 1.54) is 26.3 Å². The van der Waals surface area contributed by atoms with Crippen molar-refractivity contribution >= 4 is 33.0 Å². The van der Waals surface area contributed by atoms with Crippen molar-refractivity contribution in [2.45, 2.75) is 32.3 Å². The quantitative estimate of drug-likeness (QED) is 0.524. The van der Waals surface area contributed by atoms with Crippen LogP contribution in [0.3, 0.4) is 0 Å². The van der Waals surface area contributed by atoms with Crippen molar-refractivity contribution < 1.29 is 13.2 Å². The molecular formula is C26H34N6O3S. The number of aryl methyl sites for hydroxylation is 2. The molecule has 0 aliphatic carbocycles. The molecule has 1 aliphatic heterocycles. The van der Waals surface area contributed by atoms with E-state index >= 15 is 0 Å². The lowest BCUT2D eigenvalue weighted by Gasteiger charge is -2.36. The second kappa shape index (κ2) is 10.3. The van der Waals surface area contributed by atoms with E-state index in [0.717, 1.165) is 11.4 Å². The summed E-state index contributed by atoms with van der Waals surface area (Å²) in [5.41, 5.74) is 5.16. The number of hydrogen-bond acceptors (Lipinski definition) is 6. The predicted octanol–water partition coefficient (Wildman–Crippen LogP) is 3.35. The molecule has 36 heavy (non-hydrogen) atoms. The minimum Gasteiger partial charge on any atom is -0.378 e. The maximum Gasteiger partial charge on any atom is 0.263 e. The number of nitrogens with one attached hydrogen (secondary N) is 1. The Balaban J connectivity index is 1.54. The van der Waals surface area contributed by atoms with Crippen LogP contribution >= 0.6 is 0 Å². The van der Waals surface area contributed by atoms with Crippen LogP contribution in [0.2, 0.25) is 0 Å². The standard InChI is InChI=1S/C26H34N6O3S/c1-6-31-18-23(25(33)27-21-10-12-22(13-11-21)29(4)5)26(28-31)36(34,35)32-16-14-30(15-17-32)24-9-7-8-19(2)20(24)3/h7-13,18H,6,14-17H2,1-5H3,(H,27,33). The van der Waals surface area contributed by atoms with Gasteiger partial charge in [-0.05, 0) is 62.2 Å². The van der Waals surface area contributed by atoms with E-state index in [2.05, 4.69) is 41.3 Å². The second-order valence-electron chi connectivity index (χ2n) is 9.21. The smallest absolute Gasteiger partial charge is 0.263 e. The van der Waals surface area contributed by atoms with Crippen molar-refractivity contribution in [1.82, 2.24) is 14.1 Å². The fourth-order valence-corrected chi connectivity index (χ4v) is 5.84. The third kappa shape index (κ3) is 5.10. The Morgan fingerprint density at radius 1 is 1.03 bits per heavy atom.